The lowest BCUT2D eigenvalue weighted by Gasteiger charge is -2.29. The highest BCUT2D eigenvalue weighted by atomic mass is 32.2. The Labute approximate surface area is 117 Å². The first-order chi connectivity index (χ1) is 9.03. The van der Waals surface area contributed by atoms with Crippen molar-refractivity contribution in [2.24, 2.45) is 5.41 Å². The summed E-state index contributed by atoms with van der Waals surface area (Å²) in [6, 6.07) is 0.855. The third-order valence-corrected chi connectivity index (χ3v) is 5.75. The number of rotatable bonds is 4. The van der Waals surface area contributed by atoms with Crippen LogP contribution < -0.4 is 11.0 Å². The Kier molecular flexibility index (Phi) is 3.25. The molecule has 0 amide bonds. The average Bonchev–Trinajstić information content (AvgIpc) is 3.06. The van der Waals surface area contributed by atoms with Gasteiger partial charge in [0.25, 0.3) is 0 Å². The minimum Gasteiger partial charge on any atom is -0.315 e. The van der Waals surface area contributed by atoms with Gasteiger partial charge in [0.15, 0.2) is 5.16 Å². The van der Waals surface area contributed by atoms with Crippen LogP contribution in [-0.2, 0) is 0 Å². The SMILES string of the molecule is CNC1C(Sc2n[nH]c(=O)n2C2CC2)CCC1(C)C. The summed E-state index contributed by atoms with van der Waals surface area (Å²) in [7, 11) is 2.03. The molecule has 2 atom stereocenters. The first-order valence-electron chi connectivity index (χ1n) is 7.04. The van der Waals surface area contributed by atoms with Crippen LogP contribution in [0.5, 0.6) is 0 Å². The van der Waals surface area contributed by atoms with Gasteiger partial charge in [0.2, 0.25) is 0 Å². The number of hydrogen-bond acceptors (Lipinski definition) is 4. The second-order valence-electron chi connectivity index (χ2n) is 6.36. The molecule has 2 aliphatic carbocycles. The number of aromatic nitrogens is 3. The Morgan fingerprint density at radius 1 is 1.42 bits per heavy atom. The van der Waals surface area contributed by atoms with Gasteiger partial charge in [-0.05, 0) is 38.1 Å². The van der Waals surface area contributed by atoms with Crippen LogP contribution in [0.3, 0.4) is 0 Å². The van der Waals surface area contributed by atoms with E-state index in [1.807, 2.05) is 11.6 Å². The van der Waals surface area contributed by atoms with Gasteiger partial charge in [-0.3, -0.25) is 4.57 Å². The van der Waals surface area contributed by atoms with Gasteiger partial charge in [-0.15, -0.1) is 5.10 Å². The molecule has 1 heterocycles. The molecule has 2 fully saturated rings. The zero-order valence-electron chi connectivity index (χ0n) is 11.8. The summed E-state index contributed by atoms with van der Waals surface area (Å²) in [5.74, 6) is 0. The number of aromatic amines is 1. The topological polar surface area (TPSA) is 62.7 Å². The van der Waals surface area contributed by atoms with E-state index in [0.717, 1.165) is 18.0 Å². The molecule has 0 spiro atoms. The molecule has 0 radical (unpaired) electrons. The highest BCUT2D eigenvalue weighted by Crippen LogP contribution is 2.45. The fraction of sp³-hybridized carbons (Fsp3) is 0.846. The first-order valence-corrected chi connectivity index (χ1v) is 7.92. The van der Waals surface area contributed by atoms with Crippen molar-refractivity contribution in [2.75, 3.05) is 7.05 Å². The van der Waals surface area contributed by atoms with Crippen molar-refractivity contribution in [3.05, 3.63) is 10.5 Å². The van der Waals surface area contributed by atoms with Crippen molar-refractivity contribution in [3.63, 3.8) is 0 Å². The number of H-pyrrole nitrogens is 1. The van der Waals surface area contributed by atoms with Crippen LogP contribution in [-0.4, -0.2) is 33.1 Å². The second kappa shape index (κ2) is 4.66. The Morgan fingerprint density at radius 3 is 2.79 bits per heavy atom. The van der Waals surface area contributed by atoms with Crippen LogP contribution in [0.2, 0.25) is 0 Å². The van der Waals surface area contributed by atoms with Crippen molar-refractivity contribution in [3.8, 4) is 0 Å². The zero-order chi connectivity index (χ0) is 13.6. The summed E-state index contributed by atoms with van der Waals surface area (Å²) >= 11 is 1.76. The van der Waals surface area contributed by atoms with E-state index < -0.39 is 0 Å². The zero-order valence-corrected chi connectivity index (χ0v) is 12.6. The van der Waals surface area contributed by atoms with Gasteiger partial charge < -0.3 is 5.32 Å². The standard InChI is InChI=1S/C13H22N4OS/c1-13(2)7-6-9(10(13)14-3)19-12-16-15-11(18)17(12)8-4-5-8/h8-10,14H,4-7H2,1-3H3,(H,15,18). The maximum atomic E-state index is 11.8. The molecule has 6 heteroatoms. The maximum Gasteiger partial charge on any atom is 0.344 e. The largest absolute Gasteiger partial charge is 0.344 e. The van der Waals surface area contributed by atoms with Crippen LogP contribution in [0.15, 0.2) is 9.95 Å². The van der Waals surface area contributed by atoms with Gasteiger partial charge in [0.1, 0.15) is 0 Å². The second-order valence-corrected chi connectivity index (χ2v) is 7.57. The summed E-state index contributed by atoms with van der Waals surface area (Å²) in [6.45, 7) is 4.63. The normalized spacial score (nSPS) is 29.8. The average molecular weight is 282 g/mol. The molecule has 0 aliphatic heterocycles. The van der Waals surface area contributed by atoms with Crippen molar-refractivity contribution >= 4 is 11.8 Å². The Morgan fingerprint density at radius 2 is 2.16 bits per heavy atom. The van der Waals surface area contributed by atoms with Crippen molar-refractivity contribution in [2.45, 2.75) is 62.0 Å². The molecule has 2 saturated carbocycles. The molecule has 2 aliphatic rings. The highest BCUT2D eigenvalue weighted by Gasteiger charge is 2.42. The summed E-state index contributed by atoms with van der Waals surface area (Å²) in [6.07, 6.45) is 4.61. The number of nitrogens with zero attached hydrogens (tertiary/aromatic N) is 2. The Hall–Kier alpha value is -0.750. The van der Waals surface area contributed by atoms with Gasteiger partial charge in [0, 0.05) is 17.3 Å². The van der Waals surface area contributed by atoms with E-state index in [4.69, 9.17) is 0 Å². The minimum absolute atomic E-state index is 0.0525. The van der Waals surface area contributed by atoms with E-state index in [-0.39, 0.29) is 5.69 Å². The third-order valence-electron chi connectivity index (χ3n) is 4.44. The lowest BCUT2D eigenvalue weighted by atomic mass is 9.87. The molecule has 1 aromatic rings. The van der Waals surface area contributed by atoms with E-state index in [1.165, 1.54) is 12.8 Å². The molecule has 3 rings (SSSR count). The van der Waals surface area contributed by atoms with E-state index >= 15 is 0 Å². The summed E-state index contributed by atoms with van der Waals surface area (Å²) < 4.78 is 1.85. The van der Waals surface area contributed by atoms with Gasteiger partial charge >= 0.3 is 5.69 Å². The minimum atomic E-state index is -0.0525. The van der Waals surface area contributed by atoms with E-state index in [9.17, 15) is 4.79 Å². The smallest absolute Gasteiger partial charge is 0.315 e. The number of thioether (sulfide) groups is 1. The lowest BCUT2D eigenvalue weighted by Crippen LogP contribution is -2.41. The lowest BCUT2D eigenvalue weighted by molar-refractivity contribution is 0.300. The number of nitrogens with one attached hydrogen (secondary N) is 2. The van der Waals surface area contributed by atoms with Gasteiger partial charge in [-0.1, -0.05) is 25.6 Å². The van der Waals surface area contributed by atoms with Crippen LogP contribution in [0.4, 0.5) is 0 Å². The van der Waals surface area contributed by atoms with Crippen LogP contribution in [0.1, 0.15) is 45.6 Å². The molecule has 2 unspecified atom stereocenters. The molecule has 5 nitrogen and oxygen atoms in total. The summed E-state index contributed by atoms with van der Waals surface area (Å²) in [4.78, 5) is 11.8. The van der Waals surface area contributed by atoms with Crippen LogP contribution in [0, 0.1) is 5.41 Å². The third kappa shape index (κ3) is 2.36. The van der Waals surface area contributed by atoms with Crippen molar-refractivity contribution in [1.82, 2.24) is 20.1 Å². The molecule has 0 aromatic carbocycles. The van der Waals surface area contributed by atoms with Crippen LogP contribution in [0.25, 0.3) is 0 Å². The van der Waals surface area contributed by atoms with Gasteiger partial charge in [-0.2, -0.15) is 0 Å². The van der Waals surface area contributed by atoms with E-state index in [0.29, 0.717) is 22.7 Å². The van der Waals surface area contributed by atoms with Gasteiger partial charge in [0.05, 0.1) is 0 Å². The molecule has 0 saturated heterocycles. The predicted molar refractivity (Wildman–Crippen MR) is 76.6 cm³/mol. The summed E-state index contributed by atoms with van der Waals surface area (Å²) in [5.41, 5.74) is 0.260. The van der Waals surface area contributed by atoms with E-state index in [1.54, 1.807) is 11.8 Å². The monoisotopic (exact) mass is 282 g/mol. The Bertz CT molecular complexity index is 517. The fourth-order valence-corrected chi connectivity index (χ4v) is 4.80. The molecule has 0 bridgehead atoms. The highest BCUT2D eigenvalue weighted by molar-refractivity contribution is 7.99. The van der Waals surface area contributed by atoms with Gasteiger partial charge in [-0.25, -0.2) is 9.89 Å². The van der Waals surface area contributed by atoms with Crippen LogP contribution >= 0.6 is 11.8 Å². The molecule has 1 aromatic heterocycles. The molecule has 19 heavy (non-hydrogen) atoms. The van der Waals surface area contributed by atoms with Crippen molar-refractivity contribution < 1.29 is 0 Å². The molecule has 106 valence electrons. The quantitative estimate of drug-likeness (QED) is 0.883. The molecular weight excluding hydrogens is 260 g/mol. The predicted octanol–water partition coefficient (Wildman–Crippen LogP) is 1.77. The van der Waals surface area contributed by atoms with E-state index in [2.05, 4.69) is 29.4 Å². The Balaban J connectivity index is 1.80. The summed E-state index contributed by atoms with van der Waals surface area (Å²) in [5, 5.41) is 11.6. The maximum absolute atomic E-state index is 11.8. The number of hydrogen-bond donors (Lipinski definition) is 2. The fourth-order valence-electron chi connectivity index (χ4n) is 3.21. The van der Waals surface area contributed by atoms with Crippen molar-refractivity contribution in [1.29, 1.82) is 0 Å². The molecule has 2 N–H and O–H groups in total. The first kappa shape index (κ1) is 13.2. The molecular formula is C13H22N4OS.